The fourth-order valence-electron chi connectivity index (χ4n) is 2.74. The summed E-state index contributed by atoms with van der Waals surface area (Å²) >= 11 is 0. The highest BCUT2D eigenvalue weighted by Crippen LogP contribution is 2.17. The van der Waals surface area contributed by atoms with E-state index in [1.807, 2.05) is 18.2 Å². The van der Waals surface area contributed by atoms with Gasteiger partial charge in [0.25, 0.3) is 0 Å². The molecule has 23 heavy (non-hydrogen) atoms. The average molecular weight is 318 g/mol. The third-order valence-corrected chi connectivity index (χ3v) is 4.09. The van der Waals surface area contributed by atoms with Crippen molar-refractivity contribution in [2.45, 2.75) is 19.5 Å². The number of rotatable bonds is 6. The van der Waals surface area contributed by atoms with Gasteiger partial charge < -0.3 is 20.1 Å². The van der Waals surface area contributed by atoms with Gasteiger partial charge in [-0.05, 0) is 13.0 Å². The molecule has 0 saturated carbocycles. The molecule has 1 saturated heterocycles. The number of ether oxygens (including phenoxy) is 2. The molecule has 6 nitrogen and oxygen atoms in total. The van der Waals surface area contributed by atoms with E-state index in [-0.39, 0.29) is 0 Å². The van der Waals surface area contributed by atoms with Crippen LogP contribution in [-0.2, 0) is 11.3 Å². The summed E-state index contributed by atoms with van der Waals surface area (Å²) < 4.78 is 11.4. The lowest BCUT2D eigenvalue weighted by Gasteiger charge is -2.26. The van der Waals surface area contributed by atoms with Crippen molar-refractivity contribution >= 4 is 5.96 Å². The molecule has 6 heteroatoms. The van der Waals surface area contributed by atoms with Gasteiger partial charge >= 0.3 is 0 Å². The molecule has 0 aromatic heterocycles. The van der Waals surface area contributed by atoms with E-state index in [1.165, 1.54) is 0 Å². The zero-order chi connectivity index (χ0) is 15.9. The summed E-state index contributed by atoms with van der Waals surface area (Å²) in [5.41, 5.74) is 1.15. The molecule has 1 fully saturated rings. The molecule has 1 unspecified atom stereocenters. The van der Waals surface area contributed by atoms with Gasteiger partial charge in [-0.3, -0.25) is 9.89 Å². The number of hydrogen-bond donors (Lipinski definition) is 2. The van der Waals surface area contributed by atoms with Crippen LogP contribution in [0.4, 0.5) is 0 Å². The van der Waals surface area contributed by atoms with Crippen LogP contribution < -0.4 is 15.4 Å². The van der Waals surface area contributed by atoms with E-state index in [9.17, 15) is 0 Å². The van der Waals surface area contributed by atoms with Crippen molar-refractivity contribution in [3.63, 3.8) is 0 Å². The summed E-state index contributed by atoms with van der Waals surface area (Å²) in [6.45, 7) is 8.96. The SMILES string of the molecule is CC1CN=C(NCc2ccccc2OCCN2CCOCC2)N1. The highest BCUT2D eigenvalue weighted by atomic mass is 16.5. The number of para-hydroxylation sites is 1. The molecule has 2 aliphatic heterocycles. The van der Waals surface area contributed by atoms with Crippen molar-refractivity contribution in [3.05, 3.63) is 29.8 Å². The standard InChI is InChI=1S/C17H26N4O2/c1-14-12-18-17(20-14)19-13-15-4-2-3-5-16(15)23-11-8-21-6-9-22-10-7-21/h2-5,14H,6-13H2,1H3,(H2,18,19,20). The van der Waals surface area contributed by atoms with E-state index >= 15 is 0 Å². The van der Waals surface area contributed by atoms with Crippen LogP contribution in [0, 0.1) is 0 Å². The van der Waals surface area contributed by atoms with Gasteiger partial charge in [0, 0.05) is 37.8 Å². The molecular formula is C17H26N4O2. The molecule has 126 valence electrons. The summed E-state index contributed by atoms with van der Waals surface area (Å²) in [6, 6.07) is 8.59. The smallest absolute Gasteiger partial charge is 0.191 e. The molecule has 1 aromatic carbocycles. The first-order valence-electron chi connectivity index (χ1n) is 8.37. The number of morpholine rings is 1. The Balaban J connectivity index is 1.47. The first kappa shape index (κ1) is 16.1. The Morgan fingerprint density at radius 1 is 1.35 bits per heavy atom. The van der Waals surface area contributed by atoms with Gasteiger partial charge in [-0.1, -0.05) is 18.2 Å². The Morgan fingerprint density at radius 3 is 2.96 bits per heavy atom. The monoisotopic (exact) mass is 318 g/mol. The van der Waals surface area contributed by atoms with Crippen molar-refractivity contribution in [3.8, 4) is 5.75 Å². The van der Waals surface area contributed by atoms with Crippen LogP contribution in [0.5, 0.6) is 5.75 Å². The summed E-state index contributed by atoms with van der Waals surface area (Å²) in [6.07, 6.45) is 0. The van der Waals surface area contributed by atoms with Crippen molar-refractivity contribution in [1.29, 1.82) is 0 Å². The fraction of sp³-hybridized carbons (Fsp3) is 0.588. The number of benzene rings is 1. The highest BCUT2D eigenvalue weighted by molar-refractivity contribution is 5.81. The maximum Gasteiger partial charge on any atom is 0.191 e. The summed E-state index contributed by atoms with van der Waals surface area (Å²) in [7, 11) is 0. The molecule has 0 spiro atoms. The zero-order valence-electron chi connectivity index (χ0n) is 13.8. The molecule has 2 N–H and O–H groups in total. The fourth-order valence-corrected chi connectivity index (χ4v) is 2.74. The van der Waals surface area contributed by atoms with E-state index in [4.69, 9.17) is 9.47 Å². The minimum absolute atomic E-state index is 0.414. The summed E-state index contributed by atoms with van der Waals surface area (Å²) in [5.74, 6) is 1.82. The maximum atomic E-state index is 5.99. The average Bonchev–Trinajstić information content (AvgIpc) is 3.00. The molecule has 2 heterocycles. The third-order valence-electron chi connectivity index (χ3n) is 4.09. The summed E-state index contributed by atoms with van der Waals surface area (Å²) in [5, 5.41) is 6.65. The molecule has 0 bridgehead atoms. The van der Waals surface area contributed by atoms with Crippen molar-refractivity contribution in [1.82, 2.24) is 15.5 Å². The Hall–Kier alpha value is -1.79. The first-order valence-corrected chi connectivity index (χ1v) is 8.37. The Morgan fingerprint density at radius 2 is 2.17 bits per heavy atom. The molecule has 0 amide bonds. The van der Waals surface area contributed by atoms with E-state index < -0.39 is 0 Å². The molecule has 2 aliphatic rings. The normalized spacial score (nSPS) is 21.6. The van der Waals surface area contributed by atoms with Crippen molar-refractivity contribution < 1.29 is 9.47 Å². The number of hydrogen-bond acceptors (Lipinski definition) is 6. The zero-order valence-corrected chi connectivity index (χ0v) is 13.8. The second kappa shape index (κ2) is 8.17. The Bertz CT molecular complexity index is 529. The highest BCUT2D eigenvalue weighted by Gasteiger charge is 2.13. The largest absolute Gasteiger partial charge is 0.492 e. The molecule has 1 atom stereocenters. The maximum absolute atomic E-state index is 5.99. The van der Waals surface area contributed by atoms with Gasteiger partial charge in [-0.25, -0.2) is 0 Å². The summed E-state index contributed by atoms with van der Waals surface area (Å²) in [4.78, 5) is 6.80. The van der Waals surface area contributed by atoms with Crippen LogP contribution in [0.25, 0.3) is 0 Å². The van der Waals surface area contributed by atoms with Gasteiger partial charge in [-0.2, -0.15) is 0 Å². The first-order chi connectivity index (χ1) is 11.3. The second-order valence-corrected chi connectivity index (χ2v) is 6.00. The van der Waals surface area contributed by atoms with E-state index in [0.717, 1.165) is 56.7 Å². The molecular weight excluding hydrogens is 292 g/mol. The minimum Gasteiger partial charge on any atom is -0.492 e. The number of nitrogens with one attached hydrogen (secondary N) is 2. The lowest BCUT2D eigenvalue weighted by molar-refractivity contribution is 0.0322. The van der Waals surface area contributed by atoms with Crippen LogP contribution in [0.1, 0.15) is 12.5 Å². The quantitative estimate of drug-likeness (QED) is 0.814. The topological polar surface area (TPSA) is 58.1 Å². The number of aliphatic imine (C=N–C) groups is 1. The van der Waals surface area contributed by atoms with E-state index in [0.29, 0.717) is 19.2 Å². The van der Waals surface area contributed by atoms with Crippen molar-refractivity contribution in [2.24, 2.45) is 4.99 Å². The molecule has 1 aromatic rings. The molecule has 3 rings (SSSR count). The number of guanidine groups is 1. The van der Waals surface area contributed by atoms with Crippen LogP contribution in [0.3, 0.4) is 0 Å². The van der Waals surface area contributed by atoms with Crippen LogP contribution >= 0.6 is 0 Å². The third kappa shape index (κ3) is 4.84. The van der Waals surface area contributed by atoms with Gasteiger partial charge in [0.05, 0.1) is 19.8 Å². The lowest BCUT2D eigenvalue weighted by atomic mass is 10.2. The van der Waals surface area contributed by atoms with Crippen LogP contribution in [0.2, 0.25) is 0 Å². The van der Waals surface area contributed by atoms with Gasteiger partial charge in [0.1, 0.15) is 12.4 Å². The predicted octanol–water partition coefficient (Wildman–Crippen LogP) is 0.835. The number of nitrogens with zero attached hydrogens (tertiary/aromatic N) is 2. The Kier molecular flexibility index (Phi) is 5.71. The van der Waals surface area contributed by atoms with Crippen LogP contribution in [-0.4, -0.2) is 62.9 Å². The van der Waals surface area contributed by atoms with Crippen molar-refractivity contribution in [2.75, 3.05) is 46.0 Å². The van der Waals surface area contributed by atoms with E-state index in [2.05, 4.69) is 33.5 Å². The molecule has 0 aliphatic carbocycles. The van der Waals surface area contributed by atoms with Gasteiger partial charge in [-0.15, -0.1) is 0 Å². The lowest BCUT2D eigenvalue weighted by Crippen LogP contribution is -2.38. The Labute approximate surface area is 137 Å². The van der Waals surface area contributed by atoms with Gasteiger partial charge in [0.2, 0.25) is 0 Å². The van der Waals surface area contributed by atoms with E-state index in [1.54, 1.807) is 0 Å². The predicted molar refractivity (Wildman–Crippen MR) is 90.9 cm³/mol. The minimum atomic E-state index is 0.414. The van der Waals surface area contributed by atoms with Gasteiger partial charge in [0.15, 0.2) is 5.96 Å². The second-order valence-electron chi connectivity index (χ2n) is 6.00. The van der Waals surface area contributed by atoms with Crippen LogP contribution in [0.15, 0.2) is 29.3 Å². The molecule has 0 radical (unpaired) electrons.